The van der Waals surface area contributed by atoms with E-state index < -0.39 is 6.03 Å². The van der Waals surface area contributed by atoms with Crippen LogP contribution in [-0.4, -0.2) is 22.6 Å². The van der Waals surface area contributed by atoms with Crippen molar-refractivity contribution in [3.05, 3.63) is 74.0 Å². The van der Waals surface area contributed by atoms with Crippen molar-refractivity contribution in [3.8, 4) is 5.82 Å². The van der Waals surface area contributed by atoms with Crippen LogP contribution in [0.2, 0.25) is 4.34 Å². The Labute approximate surface area is 212 Å². The number of carbonyl (C=O) groups is 1. The second-order valence-corrected chi connectivity index (χ2v) is 9.96. The fourth-order valence-corrected chi connectivity index (χ4v) is 5.24. The number of hydrogen-bond acceptors (Lipinski definition) is 6. The summed E-state index contributed by atoms with van der Waals surface area (Å²) in [4.78, 5) is 29.3. The fourth-order valence-electron chi connectivity index (χ4n) is 2.85. The van der Waals surface area contributed by atoms with Crippen molar-refractivity contribution < 1.29 is 4.79 Å². The van der Waals surface area contributed by atoms with Gasteiger partial charge in [-0.05, 0) is 75.7 Å². The number of thiophene rings is 1. The van der Waals surface area contributed by atoms with Gasteiger partial charge in [0.15, 0.2) is 0 Å². The van der Waals surface area contributed by atoms with Crippen LogP contribution < -0.4 is 20.9 Å². The number of aromatic nitrogens is 2. The summed E-state index contributed by atoms with van der Waals surface area (Å²) < 4.78 is 6.48. The van der Waals surface area contributed by atoms with Crippen LogP contribution in [0.5, 0.6) is 0 Å². The normalized spacial score (nSPS) is 10.3. The number of amides is 2. The molecule has 33 heavy (non-hydrogen) atoms. The van der Waals surface area contributed by atoms with Gasteiger partial charge in [0.2, 0.25) is 0 Å². The highest BCUT2D eigenvalue weighted by Gasteiger charge is 2.10. The van der Waals surface area contributed by atoms with E-state index in [1.165, 1.54) is 34.0 Å². The highest BCUT2D eigenvalue weighted by molar-refractivity contribution is 9.10. The number of carbonyl (C=O) groups excluding carboxylic acids is 1. The number of rotatable bonds is 5. The van der Waals surface area contributed by atoms with Crippen LogP contribution in [0.25, 0.3) is 16.6 Å². The van der Waals surface area contributed by atoms with E-state index in [1.807, 2.05) is 39.1 Å². The minimum absolute atomic E-state index is 0.183. The first-order valence-corrected chi connectivity index (χ1v) is 12.7. The van der Waals surface area contributed by atoms with Crippen molar-refractivity contribution in [2.24, 2.45) is 0 Å². The third-order valence-electron chi connectivity index (χ3n) is 4.31. The summed E-state index contributed by atoms with van der Waals surface area (Å²) >= 11 is 11.9. The van der Waals surface area contributed by atoms with Gasteiger partial charge in [-0.25, -0.2) is 9.78 Å². The van der Waals surface area contributed by atoms with E-state index >= 15 is 0 Å². The minimum Gasteiger partial charge on any atom is -0.387 e. The van der Waals surface area contributed by atoms with Crippen molar-refractivity contribution in [3.63, 3.8) is 0 Å². The van der Waals surface area contributed by atoms with Crippen molar-refractivity contribution >= 4 is 79.0 Å². The maximum absolute atomic E-state index is 13.0. The molecule has 0 saturated carbocycles. The Hall–Kier alpha value is -2.53. The van der Waals surface area contributed by atoms with Gasteiger partial charge in [0, 0.05) is 28.8 Å². The van der Waals surface area contributed by atoms with Gasteiger partial charge in [-0.2, -0.15) is 0 Å². The summed E-state index contributed by atoms with van der Waals surface area (Å²) in [6, 6.07) is 12.1. The zero-order chi connectivity index (χ0) is 24.0. The number of urea groups is 1. The third-order valence-corrected chi connectivity index (χ3v) is 7.11. The van der Waals surface area contributed by atoms with Gasteiger partial charge in [0.25, 0.3) is 5.56 Å². The van der Waals surface area contributed by atoms with Crippen molar-refractivity contribution in [1.82, 2.24) is 14.3 Å². The van der Waals surface area contributed by atoms with Crippen molar-refractivity contribution in [2.45, 2.75) is 18.1 Å². The SMILES string of the molecule is CC.CNc1cc2ccn(-c3ccc(NC(=O)NSc4ccc(Cl)s4)cn3)c(=O)c2cc1Br. The van der Waals surface area contributed by atoms with E-state index in [0.29, 0.717) is 21.2 Å². The summed E-state index contributed by atoms with van der Waals surface area (Å²) in [6.07, 6.45) is 3.18. The summed E-state index contributed by atoms with van der Waals surface area (Å²) in [7, 11) is 1.82. The average Bonchev–Trinajstić information content (AvgIpc) is 3.25. The number of benzene rings is 1. The second-order valence-electron chi connectivity index (χ2n) is 6.28. The first-order chi connectivity index (χ1) is 15.9. The molecule has 11 heteroatoms. The lowest BCUT2D eigenvalue weighted by Crippen LogP contribution is -2.23. The van der Waals surface area contributed by atoms with E-state index in [1.54, 1.807) is 30.5 Å². The first kappa shape index (κ1) is 25.1. The van der Waals surface area contributed by atoms with Crippen molar-refractivity contribution in [1.29, 1.82) is 0 Å². The van der Waals surface area contributed by atoms with E-state index in [9.17, 15) is 9.59 Å². The number of pyridine rings is 2. The molecule has 0 aliphatic heterocycles. The maximum Gasteiger partial charge on any atom is 0.329 e. The molecule has 0 unspecified atom stereocenters. The molecule has 0 spiro atoms. The Morgan fingerprint density at radius 3 is 2.61 bits per heavy atom. The molecule has 1 aromatic carbocycles. The second kappa shape index (κ2) is 11.6. The molecule has 3 aromatic heterocycles. The van der Waals surface area contributed by atoms with E-state index in [0.717, 1.165) is 19.8 Å². The Morgan fingerprint density at radius 2 is 1.97 bits per heavy atom. The summed E-state index contributed by atoms with van der Waals surface area (Å²) in [6.45, 7) is 4.00. The molecule has 7 nitrogen and oxygen atoms in total. The third kappa shape index (κ3) is 6.08. The van der Waals surface area contributed by atoms with Crippen LogP contribution in [0.15, 0.2) is 68.3 Å². The highest BCUT2D eigenvalue weighted by atomic mass is 79.9. The Balaban J connectivity index is 0.00000149. The Bertz CT molecular complexity index is 1320. The molecule has 4 rings (SSSR count). The maximum atomic E-state index is 13.0. The van der Waals surface area contributed by atoms with Crippen LogP contribution in [0, 0.1) is 0 Å². The lowest BCUT2D eigenvalue weighted by atomic mass is 10.1. The lowest BCUT2D eigenvalue weighted by Gasteiger charge is -2.10. The molecule has 0 aliphatic rings. The summed E-state index contributed by atoms with van der Waals surface area (Å²) in [5, 5.41) is 7.18. The standard InChI is InChI=1S/C20H15BrClN5O2S2.C2H6/c1-23-15-8-11-6-7-27(19(28)13(11)9-14(15)21)17-4-2-12(10-24-17)25-20(29)26-31-18-5-3-16(22)30-18;1-2/h2-10,23H,1H3,(H2,25,26,29);1-2H3. The monoisotopic (exact) mass is 565 g/mol. The van der Waals surface area contributed by atoms with Crippen LogP contribution in [0.1, 0.15) is 13.8 Å². The quantitative estimate of drug-likeness (QED) is 0.232. The van der Waals surface area contributed by atoms with Crippen LogP contribution in [0.3, 0.4) is 0 Å². The predicted molar refractivity (Wildman–Crippen MR) is 143 cm³/mol. The van der Waals surface area contributed by atoms with Crippen LogP contribution in [-0.2, 0) is 0 Å². The van der Waals surface area contributed by atoms with Gasteiger partial charge in [0.1, 0.15) is 5.82 Å². The van der Waals surface area contributed by atoms with Gasteiger partial charge >= 0.3 is 6.03 Å². The number of halogens is 2. The number of hydrogen-bond donors (Lipinski definition) is 3. The van der Waals surface area contributed by atoms with Crippen LogP contribution in [0.4, 0.5) is 16.2 Å². The average molecular weight is 567 g/mol. The molecule has 0 atom stereocenters. The molecule has 0 saturated heterocycles. The highest BCUT2D eigenvalue weighted by Crippen LogP contribution is 2.29. The lowest BCUT2D eigenvalue weighted by molar-refractivity contribution is 0.257. The molecule has 0 aliphatic carbocycles. The molecule has 0 fully saturated rings. The van der Waals surface area contributed by atoms with Gasteiger partial charge in [-0.15, -0.1) is 11.3 Å². The van der Waals surface area contributed by atoms with E-state index in [4.69, 9.17) is 11.6 Å². The molecule has 4 aromatic rings. The molecular formula is C22H21BrClN5O2S2. The fraction of sp³-hybridized carbons (Fsp3) is 0.136. The molecule has 172 valence electrons. The molecule has 3 heterocycles. The Morgan fingerprint density at radius 1 is 1.18 bits per heavy atom. The van der Waals surface area contributed by atoms with Gasteiger partial charge in [-0.1, -0.05) is 25.4 Å². The number of nitrogens with one attached hydrogen (secondary N) is 3. The largest absolute Gasteiger partial charge is 0.387 e. The van der Waals surface area contributed by atoms with Gasteiger partial charge in [0.05, 0.1) is 20.4 Å². The van der Waals surface area contributed by atoms with Gasteiger partial charge in [-0.3, -0.25) is 14.1 Å². The zero-order valence-corrected chi connectivity index (χ0v) is 22.0. The minimum atomic E-state index is -0.392. The molecule has 0 bridgehead atoms. The smallest absolute Gasteiger partial charge is 0.329 e. The van der Waals surface area contributed by atoms with E-state index in [2.05, 4.69) is 36.3 Å². The Kier molecular flexibility index (Phi) is 8.79. The molecule has 2 amide bonds. The van der Waals surface area contributed by atoms with Crippen molar-refractivity contribution in [2.75, 3.05) is 17.7 Å². The summed E-state index contributed by atoms with van der Waals surface area (Å²) in [5.74, 6) is 0.453. The molecule has 3 N–H and O–H groups in total. The topological polar surface area (TPSA) is 88.1 Å². The number of nitrogens with zero attached hydrogens (tertiary/aromatic N) is 2. The number of fused-ring (bicyclic) bond motifs is 1. The van der Waals surface area contributed by atoms with E-state index in [-0.39, 0.29) is 5.56 Å². The zero-order valence-electron chi connectivity index (χ0n) is 18.0. The summed E-state index contributed by atoms with van der Waals surface area (Å²) in [5.41, 5.74) is 1.22. The van der Waals surface area contributed by atoms with Gasteiger partial charge < -0.3 is 10.6 Å². The first-order valence-electron chi connectivity index (χ1n) is 9.93. The predicted octanol–water partition coefficient (Wildman–Crippen LogP) is 6.76. The molecular weight excluding hydrogens is 546 g/mol. The van der Waals surface area contributed by atoms with Crippen LogP contribution >= 0.6 is 50.8 Å². The molecule has 0 radical (unpaired) electrons. The number of anilines is 2.